The van der Waals surface area contributed by atoms with Gasteiger partial charge in [0.2, 0.25) is 0 Å². The SMILES string of the molecule is CSC(N=CN(C)C)=Nc1c(C)cccc1C. The summed E-state index contributed by atoms with van der Waals surface area (Å²) in [6, 6.07) is 6.18. The summed E-state index contributed by atoms with van der Waals surface area (Å²) in [7, 11) is 3.89. The van der Waals surface area contributed by atoms with Gasteiger partial charge in [-0.15, -0.1) is 0 Å². The Kier molecular flexibility index (Phi) is 5.22. The molecule has 1 aromatic rings. The minimum Gasteiger partial charge on any atom is -0.369 e. The average Bonchev–Trinajstić information content (AvgIpc) is 2.27. The zero-order valence-corrected chi connectivity index (χ0v) is 11.9. The minimum absolute atomic E-state index is 0.774. The van der Waals surface area contributed by atoms with Gasteiger partial charge in [-0.3, -0.25) is 0 Å². The van der Waals surface area contributed by atoms with Gasteiger partial charge in [0.1, 0.15) is 0 Å². The molecule has 0 atom stereocenters. The van der Waals surface area contributed by atoms with Gasteiger partial charge in [0.05, 0.1) is 12.0 Å². The lowest BCUT2D eigenvalue weighted by Crippen LogP contribution is -2.08. The first-order chi connectivity index (χ1) is 8.04. The summed E-state index contributed by atoms with van der Waals surface area (Å²) < 4.78 is 0. The molecule has 0 saturated carbocycles. The quantitative estimate of drug-likeness (QED) is 0.594. The van der Waals surface area contributed by atoms with E-state index in [1.165, 1.54) is 11.1 Å². The van der Waals surface area contributed by atoms with Gasteiger partial charge >= 0.3 is 0 Å². The van der Waals surface area contributed by atoms with E-state index >= 15 is 0 Å². The van der Waals surface area contributed by atoms with Gasteiger partial charge in [-0.1, -0.05) is 30.0 Å². The molecule has 92 valence electrons. The van der Waals surface area contributed by atoms with Crippen molar-refractivity contribution in [3.8, 4) is 0 Å². The van der Waals surface area contributed by atoms with Crippen molar-refractivity contribution < 1.29 is 0 Å². The molecule has 1 rings (SSSR count). The van der Waals surface area contributed by atoms with E-state index in [1.807, 2.05) is 31.3 Å². The maximum absolute atomic E-state index is 4.60. The Morgan fingerprint density at radius 2 is 1.82 bits per heavy atom. The van der Waals surface area contributed by atoms with Crippen LogP contribution in [-0.4, -0.2) is 36.8 Å². The standard InChI is InChI=1S/C13H19N3S/c1-10-7-6-8-11(2)12(10)15-13(17-5)14-9-16(3)4/h6-9H,1-5H3. The summed E-state index contributed by atoms with van der Waals surface area (Å²) in [4.78, 5) is 10.8. The van der Waals surface area contributed by atoms with E-state index in [-0.39, 0.29) is 0 Å². The van der Waals surface area contributed by atoms with E-state index in [9.17, 15) is 0 Å². The fourth-order valence-corrected chi connectivity index (χ4v) is 1.70. The number of aryl methyl sites for hydroxylation is 2. The molecule has 0 spiro atoms. The predicted octanol–water partition coefficient (Wildman–Crippen LogP) is 3.24. The summed E-state index contributed by atoms with van der Waals surface area (Å²) in [6.07, 6.45) is 3.75. The molecule has 3 nitrogen and oxygen atoms in total. The number of rotatable bonds is 2. The monoisotopic (exact) mass is 249 g/mol. The lowest BCUT2D eigenvalue weighted by Gasteiger charge is -2.06. The molecule has 0 fully saturated rings. The van der Waals surface area contributed by atoms with E-state index in [1.54, 1.807) is 18.1 Å². The van der Waals surface area contributed by atoms with Gasteiger partial charge < -0.3 is 4.90 Å². The third kappa shape index (κ3) is 4.23. The van der Waals surface area contributed by atoms with Crippen LogP contribution >= 0.6 is 11.8 Å². The Bertz CT molecular complexity index is 416. The highest BCUT2D eigenvalue weighted by Crippen LogP contribution is 2.24. The van der Waals surface area contributed by atoms with E-state index in [2.05, 4.69) is 36.0 Å². The third-order valence-corrected chi connectivity index (χ3v) is 2.79. The molecule has 0 aliphatic rings. The second kappa shape index (κ2) is 6.45. The zero-order chi connectivity index (χ0) is 12.8. The normalized spacial score (nSPS) is 12.2. The van der Waals surface area contributed by atoms with E-state index in [0.717, 1.165) is 10.9 Å². The van der Waals surface area contributed by atoms with Gasteiger partial charge in [0.15, 0.2) is 5.17 Å². The molecule has 0 bridgehead atoms. The number of hydrogen-bond donors (Lipinski definition) is 0. The lowest BCUT2D eigenvalue weighted by atomic mass is 10.1. The van der Waals surface area contributed by atoms with E-state index in [0.29, 0.717) is 0 Å². The van der Waals surface area contributed by atoms with Crippen LogP contribution in [-0.2, 0) is 0 Å². The minimum atomic E-state index is 0.774. The summed E-state index contributed by atoms with van der Waals surface area (Å²) in [6.45, 7) is 4.14. The van der Waals surface area contributed by atoms with Crippen LogP contribution in [0.1, 0.15) is 11.1 Å². The fraction of sp³-hybridized carbons (Fsp3) is 0.385. The molecule has 17 heavy (non-hydrogen) atoms. The molecule has 4 heteroatoms. The van der Waals surface area contributed by atoms with Crippen molar-refractivity contribution in [2.45, 2.75) is 13.8 Å². The van der Waals surface area contributed by atoms with Crippen molar-refractivity contribution in [1.82, 2.24) is 4.90 Å². The van der Waals surface area contributed by atoms with Crippen molar-refractivity contribution in [2.75, 3.05) is 20.4 Å². The second-order valence-electron chi connectivity index (χ2n) is 4.05. The van der Waals surface area contributed by atoms with Crippen LogP contribution in [0.2, 0.25) is 0 Å². The van der Waals surface area contributed by atoms with Crippen molar-refractivity contribution in [2.24, 2.45) is 9.98 Å². The predicted molar refractivity (Wildman–Crippen MR) is 78.7 cm³/mol. The number of thioether (sulfide) groups is 1. The number of nitrogens with zero attached hydrogens (tertiary/aromatic N) is 3. The van der Waals surface area contributed by atoms with Gasteiger partial charge in [-0.25, -0.2) is 9.98 Å². The molecule has 0 heterocycles. The maximum atomic E-state index is 4.60. The third-order valence-electron chi connectivity index (χ3n) is 2.23. The molecule has 0 aliphatic carbocycles. The van der Waals surface area contributed by atoms with Crippen molar-refractivity contribution in [1.29, 1.82) is 0 Å². The molecule has 0 radical (unpaired) electrons. The van der Waals surface area contributed by atoms with Crippen molar-refractivity contribution >= 4 is 29.0 Å². The van der Waals surface area contributed by atoms with Crippen molar-refractivity contribution in [3.63, 3.8) is 0 Å². The second-order valence-corrected chi connectivity index (χ2v) is 4.82. The summed E-state index contributed by atoms with van der Waals surface area (Å²) in [5, 5.41) is 0.774. The van der Waals surface area contributed by atoms with Gasteiger partial charge in [0, 0.05) is 14.1 Å². The molecule has 0 N–H and O–H groups in total. The van der Waals surface area contributed by atoms with Gasteiger partial charge in [-0.2, -0.15) is 0 Å². The van der Waals surface area contributed by atoms with Gasteiger partial charge in [0.25, 0.3) is 0 Å². The van der Waals surface area contributed by atoms with Crippen molar-refractivity contribution in [3.05, 3.63) is 29.3 Å². The molecule has 1 aromatic carbocycles. The summed E-state index contributed by atoms with van der Waals surface area (Å²) in [5.41, 5.74) is 3.38. The Balaban J connectivity index is 3.06. The highest BCUT2D eigenvalue weighted by molar-refractivity contribution is 8.13. The van der Waals surface area contributed by atoms with Crippen LogP contribution in [0.15, 0.2) is 28.2 Å². The topological polar surface area (TPSA) is 28.0 Å². The van der Waals surface area contributed by atoms with Crippen LogP contribution in [0, 0.1) is 13.8 Å². The van der Waals surface area contributed by atoms with Gasteiger partial charge in [-0.05, 0) is 31.2 Å². The van der Waals surface area contributed by atoms with E-state index < -0.39 is 0 Å². The summed E-state index contributed by atoms with van der Waals surface area (Å²) >= 11 is 1.55. The Morgan fingerprint density at radius 1 is 1.24 bits per heavy atom. The molecule has 0 amide bonds. The Labute approximate surface area is 108 Å². The molecular weight excluding hydrogens is 230 g/mol. The highest BCUT2D eigenvalue weighted by atomic mass is 32.2. The molecule has 0 unspecified atom stereocenters. The average molecular weight is 249 g/mol. The van der Waals surface area contributed by atoms with Crippen LogP contribution in [0.4, 0.5) is 5.69 Å². The molecule has 0 saturated heterocycles. The van der Waals surface area contributed by atoms with Crippen LogP contribution in [0.25, 0.3) is 0 Å². The smallest absolute Gasteiger partial charge is 0.189 e. The number of hydrogen-bond acceptors (Lipinski definition) is 2. The molecular formula is C13H19N3S. The Hall–Kier alpha value is -1.29. The fourth-order valence-electron chi connectivity index (χ4n) is 1.37. The van der Waals surface area contributed by atoms with Crippen LogP contribution in [0.3, 0.4) is 0 Å². The highest BCUT2D eigenvalue weighted by Gasteiger charge is 2.02. The first-order valence-electron chi connectivity index (χ1n) is 5.44. The van der Waals surface area contributed by atoms with Crippen LogP contribution < -0.4 is 0 Å². The lowest BCUT2D eigenvalue weighted by molar-refractivity contribution is 0.644. The Morgan fingerprint density at radius 3 is 2.29 bits per heavy atom. The number of para-hydroxylation sites is 1. The first kappa shape index (κ1) is 13.8. The van der Waals surface area contributed by atoms with Crippen LogP contribution in [0.5, 0.6) is 0 Å². The first-order valence-corrected chi connectivity index (χ1v) is 6.66. The number of benzene rings is 1. The van der Waals surface area contributed by atoms with E-state index in [4.69, 9.17) is 0 Å². The largest absolute Gasteiger partial charge is 0.369 e. The number of aliphatic imine (C=N–C) groups is 2. The number of amidine groups is 1. The molecule has 0 aromatic heterocycles. The summed E-state index contributed by atoms with van der Waals surface area (Å²) in [5.74, 6) is 0. The maximum Gasteiger partial charge on any atom is 0.189 e. The molecule has 0 aliphatic heterocycles. The zero-order valence-electron chi connectivity index (χ0n) is 11.1.